The molecule has 0 saturated heterocycles. The number of nitrogens with one attached hydrogen (secondary N) is 1. The average molecular weight is 267 g/mol. The molecule has 1 aliphatic rings. The minimum Gasteiger partial charge on any atom is -0.312 e. The van der Waals surface area contributed by atoms with E-state index in [-0.39, 0.29) is 5.16 Å². The fraction of sp³-hybridized carbons (Fsp3) is 0.875. The summed E-state index contributed by atoms with van der Waals surface area (Å²) < 4.78 is 37.5. The molecule has 1 aliphatic carbocycles. The van der Waals surface area contributed by atoms with Gasteiger partial charge in [-0.05, 0) is 23.3 Å². The molecule has 96 valence electrons. The summed E-state index contributed by atoms with van der Waals surface area (Å²) in [6.45, 7) is 1.17. The number of nitrogens with zero attached hydrogens (tertiary/aromatic N) is 4. The first-order valence-corrected chi connectivity index (χ1v) is 6.22. The number of tetrazole rings is 1. The van der Waals surface area contributed by atoms with Gasteiger partial charge in [0.15, 0.2) is 0 Å². The molecule has 1 aromatic heterocycles. The Morgan fingerprint density at radius 1 is 1.41 bits per heavy atom. The zero-order chi connectivity index (χ0) is 12.3. The van der Waals surface area contributed by atoms with Gasteiger partial charge in [0.05, 0.1) is 12.3 Å². The van der Waals surface area contributed by atoms with E-state index in [1.165, 1.54) is 17.5 Å². The molecule has 0 aromatic carbocycles. The van der Waals surface area contributed by atoms with Gasteiger partial charge in [-0.2, -0.15) is 13.2 Å². The number of thioether (sulfide) groups is 1. The standard InChI is InChI=1S/C8H12F3N5S/c9-8(10,11)5-17-7-13-14-15-16(7)4-3-12-6-1-2-6/h6,12H,1-5H2. The lowest BCUT2D eigenvalue weighted by Gasteiger charge is -2.06. The van der Waals surface area contributed by atoms with Crippen LogP contribution in [-0.2, 0) is 6.54 Å². The Morgan fingerprint density at radius 3 is 2.82 bits per heavy atom. The molecule has 0 bridgehead atoms. The van der Waals surface area contributed by atoms with Crippen LogP contribution in [0.2, 0.25) is 0 Å². The van der Waals surface area contributed by atoms with E-state index in [2.05, 4.69) is 20.8 Å². The van der Waals surface area contributed by atoms with Crippen LogP contribution in [0.4, 0.5) is 13.2 Å². The highest BCUT2D eigenvalue weighted by molar-refractivity contribution is 7.99. The molecule has 2 rings (SSSR count). The minimum atomic E-state index is -4.20. The summed E-state index contributed by atoms with van der Waals surface area (Å²) in [5, 5.41) is 14.1. The molecule has 1 aromatic rings. The largest absolute Gasteiger partial charge is 0.398 e. The first kappa shape index (κ1) is 12.6. The SMILES string of the molecule is FC(F)(F)CSc1nnnn1CCNC1CC1. The van der Waals surface area contributed by atoms with E-state index in [0.29, 0.717) is 30.9 Å². The third-order valence-electron chi connectivity index (χ3n) is 2.20. The Labute approximate surface area is 100 Å². The molecular weight excluding hydrogens is 255 g/mol. The summed E-state index contributed by atoms with van der Waals surface area (Å²) >= 11 is 0.609. The molecule has 5 nitrogen and oxygen atoms in total. The molecule has 17 heavy (non-hydrogen) atoms. The van der Waals surface area contributed by atoms with Crippen molar-refractivity contribution in [3.05, 3.63) is 0 Å². The van der Waals surface area contributed by atoms with Gasteiger partial charge in [0.25, 0.3) is 0 Å². The second-order valence-corrected chi connectivity index (χ2v) is 4.76. The number of alkyl halides is 3. The lowest BCUT2D eigenvalue weighted by molar-refractivity contribution is -0.105. The number of rotatable bonds is 6. The number of hydrogen-bond acceptors (Lipinski definition) is 5. The fourth-order valence-corrected chi connectivity index (χ4v) is 1.91. The van der Waals surface area contributed by atoms with Crippen LogP contribution in [0.15, 0.2) is 5.16 Å². The highest BCUT2D eigenvalue weighted by Crippen LogP contribution is 2.25. The van der Waals surface area contributed by atoms with Gasteiger partial charge in [-0.15, -0.1) is 5.10 Å². The van der Waals surface area contributed by atoms with Crippen LogP contribution in [-0.4, -0.2) is 44.7 Å². The highest BCUT2D eigenvalue weighted by atomic mass is 32.2. The molecular formula is C8H12F3N5S. The van der Waals surface area contributed by atoms with Crippen molar-refractivity contribution < 1.29 is 13.2 Å². The summed E-state index contributed by atoms with van der Waals surface area (Å²) in [5.74, 6) is -0.969. The molecule has 0 amide bonds. The van der Waals surface area contributed by atoms with E-state index in [4.69, 9.17) is 0 Å². The van der Waals surface area contributed by atoms with Gasteiger partial charge in [0.2, 0.25) is 5.16 Å². The van der Waals surface area contributed by atoms with Gasteiger partial charge in [0.1, 0.15) is 0 Å². The van der Waals surface area contributed by atoms with Crippen molar-refractivity contribution in [2.75, 3.05) is 12.3 Å². The molecule has 0 unspecified atom stereocenters. The van der Waals surface area contributed by atoms with E-state index in [9.17, 15) is 13.2 Å². The molecule has 1 heterocycles. The van der Waals surface area contributed by atoms with Crippen LogP contribution in [0.5, 0.6) is 0 Å². The van der Waals surface area contributed by atoms with E-state index >= 15 is 0 Å². The van der Waals surface area contributed by atoms with Crippen molar-refractivity contribution in [1.29, 1.82) is 0 Å². The molecule has 0 atom stereocenters. The Hall–Kier alpha value is -0.830. The summed E-state index contributed by atoms with van der Waals surface area (Å²) in [4.78, 5) is 0. The second-order valence-electron chi connectivity index (χ2n) is 3.82. The molecule has 0 spiro atoms. The Bertz CT molecular complexity index is 362. The topological polar surface area (TPSA) is 55.6 Å². The maximum absolute atomic E-state index is 12.0. The smallest absolute Gasteiger partial charge is 0.312 e. The molecule has 1 fully saturated rings. The summed E-state index contributed by atoms with van der Waals surface area (Å²) in [5.41, 5.74) is 0. The zero-order valence-electron chi connectivity index (χ0n) is 8.94. The van der Waals surface area contributed by atoms with Gasteiger partial charge in [-0.3, -0.25) is 0 Å². The average Bonchev–Trinajstić information content (AvgIpc) is 2.93. The van der Waals surface area contributed by atoms with Crippen LogP contribution in [0.1, 0.15) is 12.8 Å². The first-order valence-electron chi connectivity index (χ1n) is 5.24. The normalized spacial score (nSPS) is 16.4. The van der Waals surface area contributed by atoms with E-state index in [0.717, 1.165) is 0 Å². The summed E-state index contributed by atoms with van der Waals surface area (Å²) in [7, 11) is 0. The van der Waals surface area contributed by atoms with Gasteiger partial charge in [0, 0.05) is 12.6 Å². The lowest BCUT2D eigenvalue weighted by Crippen LogP contribution is -2.23. The lowest BCUT2D eigenvalue weighted by atomic mass is 10.6. The van der Waals surface area contributed by atoms with Crippen molar-refractivity contribution in [2.24, 2.45) is 0 Å². The monoisotopic (exact) mass is 267 g/mol. The number of halogens is 3. The predicted molar refractivity (Wildman–Crippen MR) is 55.6 cm³/mol. The zero-order valence-corrected chi connectivity index (χ0v) is 9.76. The predicted octanol–water partition coefficient (Wildman–Crippen LogP) is 1.08. The molecule has 0 aliphatic heterocycles. The van der Waals surface area contributed by atoms with Crippen molar-refractivity contribution >= 4 is 11.8 Å². The van der Waals surface area contributed by atoms with Crippen LogP contribution in [0, 0.1) is 0 Å². The second kappa shape index (κ2) is 5.21. The third-order valence-corrected chi connectivity index (χ3v) is 3.22. The summed E-state index contributed by atoms with van der Waals surface area (Å²) in [6.07, 6.45) is -1.86. The van der Waals surface area contributed by atoms with Crippen molar-refractivity contribution in [3.63, 3.8) is 0 Å². The van der Waals surface area contributed by atoms with E-state index in [1.54, 1.807) is 0 Å². The third kappa shape index (κ3) is 4.50. The molecule has 9 heteroatoms. The van der Waals surface area contributed by atoms with Crippen LogP contribution in [0.3, 0.4) is 0 Å². The minimum absolute atomic E-state index is 0.208. The van der Waals surface area contributed by atoms with Gasteiger partial charge in [-0.25, -0.2) is 4.68 Å². The van der Waals surface area contributed by atoms with E-state index in [1.807, 2.05) is 0 Å². The summed E-state index contributed by atoms with van der Waals surface area (Å²) in [6, 6.07) is 0.567. The van der Waals surface area contributed by atoms with Crippen molar-refractivity contribution in [1.82, 2.24) is 25.5 Å². The van der Waals surface area contributed by atoms with Crippen molar-refractivity contribution in [2.45, 2.75) is 36.8 Å². The van der Waals surface area contributed by atoms with E-state index < -0.39 is 11.9 Å². The molecule has 1 N–H and O–H groups in total. The maximum atomic E-state index is 12.0. The van der Waals surface area contributed by atoms with Crippen LogP contribution >= 0.6 is 11.8 Å². The molecule has 1 saturated carbocycles. The van der Waals surface area contributed by atoms with Gasteiger partial charge < -0.3 is 5.32 Å². The Balaban J connectivity index is 1.78. The van der Waals surface area contributed by atoms with Gasteiger partial charge in [-0.1, -0.05) is 11.8 Å². The Kier molecular flexibility index (Phi) is 3.87. The molecule has 0 radical (unpaired) electrons. The van der Waals surface area contributed by atoms with Crippen molar-refractivity contribution in [3.8, 4) is 0 Å². The number of aromatic nitrogens is 4. The first-order chi connectivity index (χ1) is 8.04. The van der Waals surface area contributed by atoms with Gasteiger partial charge >= 0.3 is 6.18 Å². The van der Waals surface area contributed by atoms with Crippen LogP contribution in [0.25, 0.3) is 0 Å². The Morgan fingerprint density at radius 2 is 2.18 bits per heavy atom. The fourth-order valence-electron chi connectivity index (χ4n) is 1.25. The quantitative estimate of drug-likeness (QED) is 0.782. The number of hydrogen-bond donors (Lipinski definition) is 1. The van der Waals surface area contributed by atoms with Crippen LogP contribution < -0.4 is 5.32 Å². The highest BCUT2D eigenvalue weighted by Gasteiger charge is 2.28. The maximum Gasteiger partial charge on any atom is 0.398 e.